The molecule has 6 N–H and O–H groups in total. The van der Waals surface area contributed by atoms with Crippen molar-refractivity contribution in [2.45, 2.75) is 32.4 Å². The number of aryl methyl sites for hydroxylation is 1. The number of nitrogens with zero attached hydrogens (tertiary/aromatic N) is 8. The summed E-state index contributed by atoms with van der Waals surface area (Å²) in [7, 11) is 3.32. The number of hydrogen-bond donors (Lipinski definition) is 4. The van der Waals surface area contributed by atoms with E-state index >= 15 is 0 Å². The van der Waals surface area contributed by atoms with Crippen molar-refractivity contribution in [2.75, 3.05) is 56.0 Å². The molecule has 6 aromatic rings. The molecule has 0 amide bonds. The zero-order valence-corrected chi connectivity index (χ0v) is 26.0. The number of methoxy groups -OCH3 is 2. The van der Waals surface area contributed by atoms with Gasteiger partial charge in [-0.3, -0.25) is 4.98 Å². The monoisotopic (exact) mass is 628 g/mol. The fourth-order valence-electron chi connectivity index (χ4n) is 5.31. The number of nitrogen functional groups attached to an aromatic ring is 2. The van der Waals surface area contributed by atoms with Gasteiger partial charge in [-0.05, 0) is 37.5 Å². The third-order valence-electron chi connectivity index (χ3n) is 7.36. The Kier molecular flexibility index (Phi) is 9.17. The number of nitrogens with one attached hydrogen (secondary N) is 2. The molecule has 0 atom stereocenters. The molecule has 14 nitrogen and oxygen atoms in total. The van der Waals surface area contributed by atoms with Crippen molar-refractivity contribution in [3.8, 4) is 5.75 Å². The van der Waals surface area contributed by atoms with Crippen molar-refractivity contribution in [2.24, 2.45) is 0 Å². The highest BCUT2D eigenvalue weighted by atomic mass is 32.1. The van der Waals surface area contributed by atoms with Gasteiger partial charge in [-0.25, -0.2) is 15.0 Å². The number of thiazole rings is 1. The van der Waals surface area contributed by atoms with Gasteiger partial charge in [-0.1, -0.05) is 0 Å². The van der Waals surface area contributed by atoms with Crippen LogP contribution in [-0.2, 0) is 24.2 Å². The first kappa shape index (κ1) is 30.0. The molecular weight excluding hydrogens is 592 g/mol. The Labute approximate surface area is 263 Å². The van der Waals surface area contributed by atoms with E-state index in [1.807, 2.05) is 36.1 Å². The van der Waals surface area contributed by atoms with E-state index < -0.39 is 0 Å². The topological polar surface area (TPSA) is 182 Å². The molecule has 0 saturated heterocycles. The van der Waals surface area contributed by atoms with Crippen LogP contribution in [0.15, 0.2) is 48.4 Å². The fraction of sp³-hybridized carbons (Fsp3) is 0.333. The lowest BCUT2D eigenvalue weighted by Crippen LogP contribution is -2.12. The molecule has 15 heteroatoms. The maximum atomic E-state index is 6.01. The van der Waals surface area contributed by atoms with E-state index in [4.69, 9.17) is 20.9 Å². The largest absolute Gasteiger partial charge is 0.495 e. The summed E-state index contributed by atoms with van der Waals surface area (Å²) in [6.07, 6.45) is 10.2. The molecule has 45 heavy (non-hydrogen) atoms. The van der Waals surface area contributed by atoms with E-state index in [2.05, 4.69) is 55.7 Å². The zero-order chi connectivity index (χ0) is 31.2. The van der Waals surface area contributed by atoms with Crippen molar-refractivity contribution in [3.05, 3.63) is 64.6 Å². The van der Waals surface area contributed by atoms with E-state index in [9.17, 15) is 0 Å². The minimum absolute atomic E-state index is 0.218. The second kappa shape index (κ2) is 13.7. The van der Waals surface area contributed by atoms with E-state index in [-0.39, 0.29) is 11.9 Å². The Morgan fingerprint density at radius 3 is 2.18 bits per heavy atom. The number of ether oxygens (including phenoxy) is 2. The first-order valence-corrected chi connectivity index (χ1v) is 15.5. The SMILES string of the molecule is COCCNc1nc(N)nc2ccn(Cc3cc(CCCCNc4nc(N)nc5ccn(Cc6nccs6)c45)ncc3OC)c12. The van der Waals surface area contributed by atoms with Gasteiger partial charge in [0.2, 0.25) is 11.9 Å². The molecule has 0 aliphatic carbocycles. The quantitative estimate of drug-likeness (QED) is 0.121. The lowest BCUT2D eigenvalue weighted by molar-refractivity contribution is 0.210. The predicted octanol–water partition coefficient (Wildman–Crippen LogP) is 3.79. The Hall–Kier alpha value is -5.02. The van der Waals surface area contributed by atoms with E-state index in [1.165, 1.54) is 0 Å². The van der Waals surface area contributed by atoms with Gasteiger partial charge < -0.3 is 40.7 Å². The van der Waals surface area contributed by atoms with Crippen molar-refractivity contribution in [1.82, 2.24) is 39.0 Å². The average molecular weight is 629 g/mol. The standard InChI is InChI=1S/C30H36N12O2S/c1-43-13-9-35-28-25-21(37-30(32)40-28)6-11-41(25)17-19-15-20(36-16-23(19)44-2)5-3-4-8-34-27-26-22(38-29(31)39-27)7-12-42(26)18-24-33-10-14-45-24/h6-7,10-12,14-16H,3-5,8-9,13,17-18H2,1-2H3,(H3,31,34,38,39)(H3,32,35,37,40). The van der Waals surface area contributed by atoms with Gasteiger partial charge in [0.25, 0.3) is 0 Å². The van der Waals surface area contributed by atoms with Gasteiger partial charge in [-0.2, -0.15) is 9.97 Å². The number of anilines is 4. The molecule has 0 saturated carbocycles. The van der Waals surface area contributed by atoms with Gasteiger partial charge in [-0.15, -0.1) is 11.3 Å². The van der Waals surface area contributed by atoms with Crippen LogP contribution in [0.3, 0.4) is 0 Å². The molecule has 0 aromatic carbocycles. The van der Waals surface area contributed by atoms with Crippen LogP contribution in [0.2, 0.25) is 0 Å². The highest BCUT2D eigenvalue weighted by Crippen LogP contribution is 2.27. The van der Waals surface area contributed by atoms with Crippen molar-refractivity contribution in [3.63, 3.8) is 0 Å². The van der Waals surface area contributed by atoms with Crippen LogP contribution < -0.4 is 26.8 Å². The molecule has 0 aliphatic heterocycles. The number of hydrogen-bond acceptors (Lipinski definition) is 13. The number of aromatic nitrogens is 8. The van der Waals surface area contributed by atoms with Crippen LogP contribution in [-0.4, -0.2) is 73.0 Å². The van der Waals surface area contributed by atoms with Crippen LogP contribution in [0.1, 0.15) is 29.1 Å². The number of nitrogens with two attached hydrogens (primary N) is 2. The second-order valence-corrected chi connectivity index (χ2v) is 11.4. The lowest BCUT2D eigenvalue weighted by Gasteiger charge is -2.14. The lowest BCUT2D eigenvalue weighted by atomic mass is 10.1. The number of pyridine rings is 1. The van der Waals surface area contributed by atoms with Crippen LogP contribution in [0, 0.1) is 0 Å². The highest BCUT2D eigenvalue weighted by molar-refractivity contribution is 7.09. The van der Waals surface area contributed by atoms with Crippen LogP contribution in [0.5, 0.6) is 5.75 Å². The summed E-state index contributed by atoms with van der Waals surface area (Å²) in [5.41, 5.74) is 17.3. The van der Waals surface area contributed by atoms with E-state index in [0.29, 0.717) is 32.1 Å². The smallest absolute Gasteiger partial charge is 0.222 e. The molecule has 6 heterocycles. The van der Waals surface area contributed by atoms with Gasteiger partial charge in [0.1, 0.15) is 21.8 Å². The summed E-state index contributed by atoms with van der Waals surface area (Å²) in [5, 5.41) is 9.78. The molecule has 0 aliphatic rings. The third-order valence-corrected chi connectivity index (χ3v) is 8.13. The van der Waals surface area contributed by atoms with Gasteiger partial charge in [0, 0.05) is 55.4 Å². The summed E-state index contributed by atoms with van der Waals surface area (Å²) in [6, 6.07) is 6.00. The highest BCUT2D eigenvalue weighted by Gasteiger charge is 2.15. The maximum Gasteiger partial charge on any atom is 0.222 e. The van der Waals surface area contributed by atoms with E-state index in [1.54, 1.807) is 31.8 Å². The van der Waals surface area contributed by atoms with Crippen LogP contribution in [0.25, 0.3) is 22.1 Å². The molecule has 0 spiro atoms. The molecule has 0 bridgehead atoms. The molecule has 0 unspecified atom stereocenters. The summed E-state index contributed by atoms with van der Waals surface area (Å²) < 4.78 is 15.0. The first-order valence-electron chi connectivity index (χ1n) is 14.6. The molecule has 234 valence electrons. The Morgan fingerprint density at radius 1 is 0.844 bits per heavy atom. The summed E-state index contributed by atoms with van der Waals surface area (Å²) in [5.74, 6) is 2.58. The Balaban J connectivity index is 1.11. The van der Waals surface area contributed by atoms with Crippen molar-refractivity contribution in [1.29, 1.82) is 0 Å². The summed E-state index contributed by atoms with van der Waals surface area (Å²) >= 11 is 1.62. The van der Waals surface area contributed by atoms with E-state index in [0.717, 1.165) is 75.7 Å². The van der Waals surface area contributed by atoms with Crippen molar-refractivity contribution >= 4 is 56.9 Å². The fourth-order valence-corrected chi connectivity index (χ4v) is 5.92. The third kappa shape index (κ3) is 6.89. The normalized spacial score (nSPS) is 11.4. The average Bonchev–Trinajstić information content (AvgIpc) is 3.78. The summed E-state index contributed by atoms with van der Waals surface area (Å²) in [4.78, 5) is 26.8. The molecule has 6 rings (SSSR count). The summed E-state index contributed by atoms with van der Waals surface area (Å²) in [6.45, 7) is 3.08. The van der Waals surface area contributed by atoms with Crippen LogP contribution >= 0.6 is 11.3 Å². The molecule has 6 aromatic heterocycles. The van der Waals surface area contributed by atoms with Gasteiger partial charge in [0.05, 0.1) is 44.0 Å². The second-order valence-electron chi connectivity index (χ2n) is 10.4. The minimum Gasteiger partial charge on any atom is -0.495 e. The van der Waals surface area contributed by atoms with Crippen molar-refractivity contribution < 1.29 is 9.47 Å². The Bertz CT molecular complexity index is 1890. The zero-order valence-electron chi connectivity index (χ0n) is 25.2. The molecule has 0 fully saturated rings. The van der Waals surface area contributed by atoms with Gasteiger partial charge >= 0.3 is 0 Å². The Morgan fingerprint density at radius 2 is 1.53 bits per heavy atom. The molecular formula is C30H36N12O2S. The number of fused-ring (bicyclic) bond motifs is 2. The van der Waals surface area contributed by atoms with Crippen LogP contribution in [0.4, 0.5) is 23.5 Å². The number of unbranched alkanes of at least 4 members (excludes halogenated alkanes) is 1. The maximum absolute atomic E-state index is 6.01. The minimum atomic E-state index is 0.218. The number of rotatable bonds is 15. The van der Waals surface area contributed by atoms with Gasteiger partial charge in [0.15, 0.2) is 11.6 Å². The molecule has 0 radical (unpaired) electrons. The predicted molar refractivity (Wildman–Crippen MR) is 177 cm³/mol. The first-order chi connectivity index (χ1) is 22.0.